The highest BCUT2D eigenvalue weighted by molar-refractivity contribution is 6.29. The maximum Gasteiger partial charge on any atom is 0.112 e. The lowest BCUT2D eigenvalue weighted by molar-refractivity contribution is 0.0910. The van der Waals surface area contributed by atoms with Gasteiger partial charge in [-0.2, -0.15) is 0 Å². The van der Waals surface area contributed by atoms with E-state index in [-0.39, 0.29) is 11.6 Å². The fraction of sp³-hybridized carbons (Fsp3) is 0.600. The molecule has 0 saturated heterocycles. The van der Waals surface area contributed by atoms with Crippen LogP contribution in [-0.4, -0.2) is 24.9 Å². The molecule has 0 saturated carbocycles. The first-order chi connectivity index (χ1) is 3.68. The Balaban J connectivity index is 3.32. The first kappa shape index (κ1) is 7.95. The minimum Gasteiger partial charge on any atom is -0.385 e. The quantitative estimate of drug-likeness (QED) is 0.621. The van der Waals surface area contributed by atoms with Crippen molar-refractivity contribution in [2.45, 2.75) is 6.10 Å². The zero-order chi connectivity index (χ0) is 6.57. The number of hydrogen-bond acceptors (Lipinski definition) is 2. The van der Waals surface area contributed by atoms with Gasteiger partial charge in [0, 0.05) is 12.1 Å². The van der Waals surface area contributed by atoms with Crippen molar-refractivity contribution in [2.24, 2.45) is 0 Å². The highest BCUT2D eigenvalue weighted by Crippen LogP contribution is 2.03. The van der Waals surface area contributed by atoms with Crippen LogP contribution in [-0.2, 0) is 4.74 Å². The van der Waals surface area contributed by atoms with Crippen molar-refractivity contribution in [3.8, 4) is 0 Å². The first-order valence-electron chi connectivity index (χ1n) is 2.19. The van der Waals surface area contributed by atoms with Crippen molar-refractivity contribution < 1.29 is 9.84 Å². The third-order valence-electron chi connectivity index (χ3n) is 0.686. The average molecular weight is 137 g/mol. The van der Waals surface area contributed by atoms with Gasteiger partial charge in [0.25, 0.3) is 0 Å². The summed E-state index contributed by atoms with van der Waals surface area (Å²) in [6, 6.07) is 0. The maximum atomic E-state index is 8.77. The molecule has 1 unspecified atom stereocenters. The molecular weight excluding hydrogens is 128 g/mol. The van der Waals surface area contributed by atoms with Crippen molar-refractivity contribution >= 4 is 11.6 Å². The van der Waals surface area contributed by atoms with Crippen molar-refractivity contribution in [1.29, 1.82) is 0 Å². The molecule has 0 aliphatic rings. The summed E-state index contributed by atoms with van der Waals surface area (Å²) in [4.78, 5) is 0. The van der Waals surface area contributed by atoms with E-state index in [0.717, 1.165) is 0 Å². The van der Waals surface area contributed by atoms with E-state index in [0.29, 0.717) is 0 Å². The Hall–Kier alpha value is -0.0500. The molecule has 0 rings (SSSR count). The molecule has 0 aromatic carbocycles. The van der Waals surface area contributed by atoms with Crippen molar-refractivity contribution in [3.05, 3.63) is 11.6 Å². The summed E-state index contributed by atoms with van der Waals surface area (Å²) in [5.41, 5.74) is 0. The fourth-order valence-corrected chi connectivity index (χ4v) is 0.311. The van der Waals surface area contributed by atoms with Crippen LogP contribution in [0.2, 0.25) is 0 Å². The SMILES string of the molecule is C=C(Cl)C(O)COC. The number of hydrogen-bond donors (Lipinski definition) is 1. The van der Waals surface area contributed by atoms with E-state index in [1.807, 2.05) is 0 Å². The summed E-state index contributed by atoms with van der Waals surface area (Å²) in [5.74, 6) is 0. The third-order valence-corrected chi connectivity index (χ3v) is 0.938. The van der Waals surface area contributed by atoms with Gasteiger partial charge in [-0.1, -0.05) is 18.2 Å². The summed E-state index contributed by atoms with van der Waals surface area (Å²) >= 11 is 5.28. The molecule has 0 bridgehead atoms. The molecule has 0 aromatic rings. The van der Waals surface area contributed by atoms with Crippen LogP contribution in [0, 0.1) is 0 Å². The topological polar surface area (TPSA) is 29.5 Å². The lowest BCUT2D eigenvalue weighted by atomic mass is 10.4. The predicted octanol–water partition coefficient (Wildman–Crippen LogP) is 0.746. The number of methoxy groups -OCH3 is 1. The van der Waals surface area contributed by atoms with E-state index in [1.165, 1.54) is 7.11 Å². The largest absolute Gasteiger partial charge is 0.385 e. The first-order valence-corrected chi connectivity index (χ1v) is 2.57. The van der Waals surface area contributed by atoms with Gasteiger partial charge >= 0.3 is 0 Å². The Morgan fingerprint density at radius 3 is 2.62 bits per heavy atom. The molecule has 3 heteroatoms. The summed E-state index contributed by atoms with van der Waals surface area (Å²) in [6.07, 6.45) is -0.735. The van der Waals surface area contributed by atoms with Gasteiger partial charge in [-0.3, -0.25) is 0 Å². The zero-order valence-corrected chi connectivity index (χ0v) is 5.48. The highest BCUT2D eigenvalue weighted by atomic mass is 35.5. The van der Waals surface area contributed by atoms with Gasteiger partial charge in [0.2, 0.25) is 0 Å². The molecule has 0 aliphatic heterocycles. The number of rotatable bonds is 3. The van der Waals surface area contributed by atoms with Crippen LogP contribution >= 0.6 is 11.6 Å². The monoisotopic (exact) mass is 136 g/mol. The van der Waals surface area contributed by atoms with Crippen molar-refractivity contribution in [1.82, 2.24) is 0 Å². The average Bonchev–Trinajstić information content (AvgIpc) is 1.67. The Labute approximate surface area is 53.7 Å². The van der Waals surface area contributed by atoms with Crippen LogP contribution < -0.4 is 0 Å². The summed E-state index contributed by atoms with van der Waals surface area (Å²) in [6.45, 7) is 3.52. The minimum absolute atomic E-state index is 0.211. The molecule has 0 aromatic heterocycles. The van der Waals surface area contributed by atoms with Crippen LogP contribution in [0.5, 0.6) is 0 Å². The van der Waals surface area contributed by atoms with Crippen molar-refractivity contribution in [2.75, 3.05) is 13.7 Å². The van der Waals surface area contributed by atoms with Gasteiger partial charge in [-0.05, 0) is 0 Å². The normalized spacial score (nSPS) is 13.4. The lowest BCUT2D eigenvalue weighted by Gasteiger charge is -2.04. The second-order valence-corrected chi connectivity index (χ2v) is 1.90. The smallest absolute Gasteiger partial charge is 0.112 e. The van der Waals surface area contributed by atoms with Gasteiger partial charge in [0.15, 0.2) is 0 Å². The lowest BCUT2D eigenvalue weighted by Crippen LogP contribution is -2.12. The number of aliphatic hydroxyl groups excluding tert-OH is 1. The molecule has 0 fully saturated rings. The van der Waals surface area contributed by atoms with E-state index < -0.39 is 6.10 Å². The second kappa shape index (κ2) is 3.89. The van der Waals surface area contributed by atoms with Crippen LogP contribution in [0.3, 0.4) is 0 Å². The molecule has 0 heterocycles. The van der Waals surface area contributed by atoms with Crippen LogP contribution in [0.4, 0.5) is 0 Å². The highest BCUT2D eigenvalue weighted by Gasteiger charge is 2.02. The summed E-state index contributed by atoms with van der Waals surface area (Å²) in [5, 5.41) is 8.98. The Morgan fingerprint density at radius 1 is 2.00 bits per heavy atom. The second-order valence-electron chi connectivity index (χ2n) is 1.42. The Kier molecular flexibility index (Phi) is 3.87. The van der Waals surface area contributed by atoms with Gasteiger partial charge in [-0.25, -0.2) is 0 Å². The van der Waals surface area contributed by atoms with Crippen LogP contribution in [0.1, 0.15) is 0 Å². The minimum atomic E-state index is -0.735. The molecule has 0 spiro atoms. The third kappa shape index (κ3) is 3.02. The standard InChI is InChI=1S/C5H9ClO2/c1-4(6)5(7)3-8-2/h5,7H,1,3H2,2H3. The van der Waals surface area contributed by atoms with E-state index in [4.69, 9.17) is 16.7 Å². The van der Waals surface area contributed by atoms with Gasteiger partial charge in [0.1, 0.15) is 6.10 Å². The maximum absolute atomic E-state index is 8.77. The number of aliphatic hydroxyl groups is 1. The molecule has 2 nitrogen and oxygen atoms in total. The molecule has 8 heavy (non-hydrogen) atoms. The van der Waals surface area contributed by atoms with Gasteiger partial charge in [-0.15, -0.1) is 0 Å². The zero-order valence-electron chi connectivity index (χ0n) is 4.72. The van der Waals surface area contributed by atoms with E-state index in [2.05, 4.69) is 11.3 Å². The Morgan fingerprint density at radius 2 is 2.50 bits per heavy atom. The molecule has 48 valence electrons. The summed E-state index contributed by atoms with van der Waals surface area (Å²) < 4.78 is 4.57. The molecule has 1 atom stereocenters. The molecule has 0 aliphatic carbocycles. The molecular formula is C5H9ClO2. The van der Waals surface area contributed by atoms with E-state index in [1.54, 1.807) is 0 Å². The van der Waals surface area contributed by atoms with E-state index >= 15 is 0 Å². The fourth-order valence-electron chi connectivity index (χ4n) is 0.248. The summed E-state index contributed by atoms with van der Waals surface area (Å²) in [7, 11) is 1.49. The molecule has 1 N–H and O–H groups in total. The predicted molar refractivity (Wildman–Crippen MR) is 32.9 cm³/mol. The van der Waals surface area contributed by atoms with Crippen molar-refractivity contribution in [3.63, 3.8) is 0 Å². The van der Waals surface area contributed by atoms with Gasteiger partial charge < -0.3 is 9.84 Å². The van der Waals surface area contributed by atoms with Gasteiger partial charge in [0.05, 0.1) is 6.61 Å². The molecule has 0 amide bonds. The van der Waals surface area contributed by atoms with Crippen LogP contribution in [0.25, 0.3) is 0 Å². The molecule has 0 radical (unpaired) electrons. The Bertz CT molecular complexity index is 82.5. The number of halogens is 1. The van der Waals surface area contributed by atoms with Crippen LogP contribution in [0.15, 0.2) is 11.6 Å². The van der Waals surface area contributed by atoms with E-state index in [9.17, 15) is 0 Å². The number of ether oxygens (including phenoxy) is 1.